The number of aromatic nitrogens is 4. The molecule has 0 N–H and O–H groups in total. The molecule has 0 saturated heterocycles. The van der Waals surface area contributed by atoms with Crippen molar-refractivity contribution >= 4 is 11.6 Å². The third-order valence-corrected chi connectivity index (χ3v) is 5.00. The molecule has 0 unspecified atom stereocenters. The molecular formula is C22H19N5O2. The molecule has 3 aromatic heterocycles. The molecule has 0 saturated carbocycles. The summed E-state index contributed by atoms with van der Waals surface area (Å²) in [6.07, 6.45) is 4.26. The summed E-state index contributed by atoms with van der Waals surface area (Å²) < 4.78 is 7.66. The first kappa shape index (κ1) is 17.4. The summed E-state index contributed by atoms with van der Waals surface area (Å²) in [5.74, 6) is 1.05. The van der Waals surface area contributed by atoms with Gasteiger partial charge < -0.3 is 9.64 Å². The van der Waals surface area contributed by atoms with E-state index in [9.17, 15) is 4.79 Å². The van der Waals surface area contributed by atoms with Gasteiger partial charge in [-0.1, -0.05) is 12.1 Å². The second-order valence-electron chi connectivity index (χ2n) is 7.06. The molecule has 0 aliphatic carbocycles. The lowest BCUT2D eigenvalue weighted by atomic mass is 10.1. The molecule has 0 spiro atoms. The van der Waals surface area contributed by atoms with E-state index in [1.165, 1.54) is 0 Å². The topological polar surface area (TPSA) is 72.6 Å². The average Bonchev–Trinajstić information content (AvgIpc) is 3.14. The van der Waals surface area contributed by atoms with Crippen LogP contribution in [0.1, 0.15) is 27.3 Å². The number of carbonyl (C=O) groups excluding carboxylic acids is 1. The van der Waals surface area contributed by atoms with Crippen LogP contribution in [0.3, 0.4) is 0 Å². The second-order valence-corrected chi connectivity index (χ2v) is 7.06. The van der Waals surface area contributed by atoms with Gasteiger partial charge in [0.2, 0.25) is 5.88 Å². The first-order valence-electron chi connectivity index (χ1n) is 9.49. The molecule has 29 heavy (non-hydrogen) atoms. The number of benzene rings is 1. The molecule has 144 valence electrons. The van der Waals surface area contributed by atoms with E-state index in [2.05, 4.69) is 15.1 Å². The molecule has 5 rings (SSSR count). The lowest BCUT2D eigenvalue weighted by molar-refractivity contribution is 0.0732. The van der Waals surface area contributed by atoms with Crippen LogP contribution in [0.5, 0.6) is 11.6 Å². The smallest absolute Gasteiger partial charge is 0.254 e. The van der Waals surface area contributed by atoms with Crippen LogP contribution >= 0.6 is 0 Å². The van der Waals surface area contributed by atoms with E-state index in [1.807, 2.05) is 52.9 Å². The van der Waals surface area contributed by atoms with Crippen LogP contribution in [0.2, 0.25) is 0 Å². The molecule has 4 aromatic rings. The van der Waals surface area contributed by atoms with E-state index in [0.29, 0.717) is 30.3 Å². The van der Waals surface area contributed by atoms with E-state index >= 15 is 0 Å². The zero-order valence-electron chi connectivity index (χ0n) is 15.9. The maximum Gasteiger partial charge on any atom is 0.254 e. The number of ether oxygens (including phenoxy) is 1. The lowest BCUT2D eigenvalue weighted by Crippen LogP contribution is -2.37. The molecule has 0 bridgehead atoms. The molecule has 4 heterocycles. The number of aryl methyl sites for hydroxylation is 1. The van der Waals surface area contributed by atoms with Crippen molar-refractivity contribution in [2.45, 2.75) is 19.9 Å². The van der Waals surface area contributed by atoms with Gasteiger partial charge in [0.25, 0.3) is 5.91 Å². The van der Waals surface area contributed by atoms with E-state index in [0.717, 1.165) is 29.0 Å². The van der Waals surface area contributed by atoms with Crippen LogP contribution in [0.15, 0.2) is 60.9 Å². The fraction of sp³-hybridized carbons (Fsp3) is 0.182. The standard InChI is InChI=1S/C22H19N5O2/c1-15-11-20-24-13-17-14-26(10-8-19(17)27(20)25-15)22(28)16-5-4-6-18(12-16)29-21-7-2-3-9-23-21/h2-7,9,11-13H,8,10,14H2,1H3. The highest BCUT2D eigenvalue weighted by molar-refractivity contribution is 5.94. The Morgan fingerprint density at radius 3 is 2.90 bits per heavy atom. The summed E-state index contributed by atoms with van der Waals surface area (Å²) in [6, 6.07) is 14.6. The van der Waals surface area contributed by atoms with Crippen molar-refractivity contribution in [1.82, 2.24) is 24.5 Å². The van der Waals surface area contributed by atoms with E-state index in [-0.39, 0.29) is 5.91 Å². The van der Waals surface area contributed by atoms with E-state index in [4.69, 9.17) is 4.74 Å². The zero-order valence-corrected chi connectivity index (χ0v) is 15.9. The van der Waals surface area contributed by atoms with Gasteiger partial charge in [-0.3, -0.25) is 4.79 Å². The predicted molar refractivity (Wildman–Crippen MR) is 107 cm³/mol. The van der Waals surface area contributed by atoms with Gasteiger partial charge in [-0.15, -0.1) is 0 Å². The molecule has 1 aliphatic rings. The summed E-state index contributed by atoms with van der Waals surface area (Å²) >= 11 is 0. The second kappa shape index (κ2) is 7.01. The Bertz CT molecular complexity index is 1200. The van der Waals surface area contributed by atoms with Gasteiger partial charge in [-0.2, -0.15) is 5.10 Å². The number of hydrogen-bond donors (Lipinski definition) is 0. The molecule has 1 aromatic carbocycles. The SMILES string of the molecule is Cc1cc2ncc3c(n2n1)CCN(C(=O)c1cccc(Oc2ccccn2)c1)C3. The Balaban J connectivity index is 1.38. The van der Waals surface area contributed by atoms with Gasteiger partial charge in [-0.25, -0.2) is 14.5 Å². The highest BCUT2D eigenvalue weighted by atomic mass is 16.5. The Morgan fingerprint density at radius 1 is 1.10 bits per heavy atom. The van der Waals surface area contributed by atoms with Crippen molar-refractivity contribution in [3.63, 3.8) is 0 Å². The highest BCUT2D eigenvalue weighted by Crippen LogP contribution is 2.24. The Hall–Kier alpha value is -3.74. The summed E-state index contributed by atoms with van der Waals surface area (Å²) in [5.41, 5.74) is 4.53. The van der Waals surface area contributed by atoms with Crippen molar-refractivity contribution in [3.05, 3.63) is 83.4 Å². The molecule has 1 amide bonds. The minimum atomic E-state index is -0.0288. The third kappa shape index (κ3) is 3.31. The highest BCUT2D eigenvalue weighted by Gasteiger charge is 2.24. The third-order valence-electron chi connectivity index (χ3n) is 5.00. The number of carbonyl (C=O) groups is 1. The molecule has 1 aliphatic heterocycles. The molecule has 0 fully saturated rings. The number of pyridine rings is 1. The van der Waals surface area contributed by atoms with Crippen molar-refractivity contribution in [3.8, 4) is 11.6 Å². The zero-order chi connectivity index (χ0) is 19.8. The summed E-state index contributed by atoms with van der Waals surface area (Å²) in [7, 11) is 0. The van der Waals surface area contributed by atoms with Crippen LogP contribution in [-0.2, 0) is 13.0 Å². The van der Waals surface area contributed by atoms with Crippen molar-refractivity contribution in [2.75, 3.05) is 6.54 Å². The Kier molecular flexibility index (Phi) is 4.20. The molecular weight excluding hydrogens is 366 g/mol. The minimum absolute atomic E-state index is 0.0288. The number of fused-ring (bicyclic) bond motifs is 3. The van der Waals surface area contributed by atoms with Crippen LogP contribution in [0.4, 0.5) is 0 Å². The normalized spacial score (nSPS) is 13.3. The first-order chi connectivity index (χ1) is 14.2. The first-order valence-corrected chi connectivity index (χ1v) is 9.49. The van der Waals surface area contributed by atoms with Gasteiger partial charge in [0, 0.05) is 55.2 Å². The maximum absolute atomic E-state index is 13.1. The Morgan fingerprint density at radius 2 is 2.03 bits per heavy atom. The average molecular weight is 385 g/mol. The fourth-order valence-corrected chi connectivity index (χ4v) is 3.63. The minimum Gasteiger partial charge on any atom is -0.439 e. The fourth-order valence-electron chi connectivity index (χ4n) is 3.63. The number of hydrogen-bond acceptors (Lipinski definition) is 5. The number of rotatable bonds is 3. The van der Waals surface area contributed by atoms with Gasteiger partial charge in [-0.05, 0) is 31.2 Å². The van der Waals surface area contributed by atoms with Crippen LogP contribution in [0, 0.1) is 6.92 Å². The van der Waals surface area contributed by atoms with Crippen molar-refractivity contribution in [1.29, 1.82) is 0 Å². The maximum atomic E-state index is 13.1. The van der Waals surface area contributed by atoms with E-state index in [1.54, 1.807) is 24.4 Å². The van der Waals surface area contributed by atoms with Crippen LogP contribution in [0.25, 0.3) is 5.65 Å². The molecule has 7 heteroatoms. The summed E-state index contributed by atoms with van der Waals surface area (Å²) in [4.78, 5) is 23.6. The van der Waals surface area contributed by atoms with Crippen LogP contribution in [-0.4, -0.2) is 36.9 Å². The monoisotopic (exact) mass is 385 g/mol. The largest absolute Gasteiger partial charge is 0.439 e. The van der Waals surface area contributed by atoms with Gasteiger partial charge in [0.1, 0.15) is 5.75 Å². The predicted octanol–water partition coefficient (Wildman–Crippen LogP) is 3.42. The van der Waals surface area contributed by atoms with Crippen molar-refractivity contribution < 1.29 is 9.53 Å². The molecule has 0 radical (unpaired) electrons. The van der Waals surface area contributed by atoms with E-state index < -0.39 is 0 Å². The lowest BCUT2D eigenvalue weighted by Gasteiger charge is -2.29. The molecule has 0 atom stereocenters. The quantitative estimate of drug-likeness (QED) is 0.540. The number of nitrogens with zero attached hydrogens (tertiary/aromatic N) is 5. The van der Waals surface area contributed by atoms with Gasteiger partial charge in [0.05, 0.1) is 11.4 Å². The van der Waals surface area contributed by atoms with Gasteiger partial charge in [0.15, 0.2) is 5.65 Å². The van der Waals surface area contributed by atoms with Gasteiger partial charge >= 0.3 is 0 Å². The van der Waals surface area contributed by atoms with Crippen molar-refractivity contribution in [2.24, 2.45) is 0 Å². The summed E-state index contributed by atoms with van der Waals surface area (Å²) in [6.45, 7) is 3.11. The summed E-state index contributed by atoms with van der Waals surface area (Å²) in [5, 5.41) is 4.53. The van der Waals surface area contributed by atoms with Crippen LogP contribution < -0.4 is 4.74 Å². The Labute approximate surface area is 167 Å². The number of amides is 1. The molecule has 7 nitrogen and oxygen atoms in total.